The van der Waals surface area contributed by atoms with E-state index in [2.05, 4.69) is 10.3 Å². The van der Waals surface area contributed by atoms with Crippen molar-refractivity contribution in [2.75, 3.05) is 13.1 Å². The van der Waals surface area contributed by atoms with E-state index in [4.69, 9.17) is 0 Å². The van der Waals surface area contributed by atoms with Crippen molar-refractivity contribution in [1.29, 1.82) is 0 Å². The van der Waals surface area contributed by atoms with E-state index in [1.165, 1.54) is 17.4 Å². The maximum absolute atomic E-state index is 13.6. The standard InChI is InChI=1S/C13H12F2N2S/c14-9-1-2-11(15)10(5-9)13-17-12(7-18-13)8-3-4-16-6-8/h1-2,5,7-8,16H,3-4,6H2. The summed E-state index contributed by atoms with van der Waals surface area (Å²) in [6.07, 6.45) is 1.05. The molecule has 1 unspecified atom stereocenters. The monoisotopic (exact) mass is 266 g/mol. The Kier molecular flexibility index (Phi) is 3.09. The van der Waals surface area contributed by atoms with Gasteiger partial charge in [-0.2, -0.15) is 0 Å². The van der Waals surface area contributed by atoms with Gasteiger partial charge in [-0.1, -0.05) is 0 Å². The van der Waals surface area contributed by atoms with Crippen LogP contribution in [0.25, 0.3) is 10.6 Å². The maximum Gasteiger partial charge on any atom is 0.133 e. The lowest BCUT2D eigenvalue weighted by molar-refractivity contribution is 0.603. The number of nitrogens with one attached hydrogen (secondary N) is 1. The summed E-state index contributed by atoms with van der Waals surface area (Å²) >= 11 is 1.37. The number of nitrogens with zero attached hydrogens (tertiary/aromatic N) is 1. The minimum absolute atomic E-state index is 0.247. The van der Waals surface area contributed by atoms with Crippen LogP contribution in [0.2, 0.25) is 0 Å². The van der Waals surface area contributed by atoms with Crippen LogP contribution in [-0.4, -0.2) is 18.1 Å². The van der Waals surface area contributed by atoms with E-state index in [1.54, 1.807) is 0 Å². The van der Waals surface area contributed by atoms with Gasteiger partial charge < -0.3 is 5.32 Å². The first-order chi connectivity index (χ1) is 8.74. The largest absolute Gasteiger partial charge is 0.316 e. The van der Waals surface area contributed by atoms with Crippen molar-refractivity contribution in [3.8, 4) is 10.6 Å². The molecular formula is C13H12F2N2S. The number of rotatable bonds is 2. The molecule has 1 N–H and O–H groups in total. The molecular weight excluding hydrogens is 254 g/mol. The third-order valence-electron chi connectivity index (χ3n) is 3.16. The van der Waals surface area contributed by atoms with Crippen molar-refractivity contribution in [3.63, 3.8) is 0 Å². The van der Waals surface area contributed by atoms with Crippen LogP contribution in [0.5, 0.6) is 0 Å². The zero-order chi connectivity index (χ0) is 12.5. The van der Waals surface area contributed by atoms with E-state index in [-0.39, 0.29) is 5.56 Å². The van der Waals surface area contributed by atoms with Gasteiger partial charge >= 0.3 is 0 Å². The molecule has 1 atom stereocenters. The molecule has 3 rings (SSSR count). The predicted molar refractivity (Wildman–Crippen MR) is 67.7 cm³/mol. The highest BCUT2D eigenvalue weighted by Gasteiger charge is 2.20. The molecule has 0 spiro atoms. The molecule has 2 heterocycles. The van der Waals surface area contributed by atoms with Gasteiger partial charge in [-0.05, 0) is 31.2 Å². The minimum Gasteiger partial charge on any atom is -0.316 e. The van der Waals surface area contributed by atoms with Crippen molar-refractivity contribution >= 4 is 11.3 Å². The van der Waals surface area contributed by atoms with Crippen LogP contribution in [0.15, 0.2) is 23.6 Å². The molecule has 1 saturated heterocycles. The van der Waals surface area contributed by atoms with Gasteiger partial charge in [-0.15, -0.1) is 11.3 Å². The zero-order valence-corrected chi connectivity index (χ0v) is 10.4. The van der Waals surface area contributed by atoms with Gasteiger partial charge in [0.15, 0.2) is 0 Å². The molecule has 18 heavy (non-hydrogen) atoms. The van der Waals surface area contributed by atoms with Crippen molar-refractivity contribution in [2.45, 2.75) is 12.3 Å². The lowest BCUT2D eigenvalue weighted by Gasteiger charge is -2.03. The van der Waals surface area contributed by atoms with Crippen LogP contribution in [0.3, 0.4) is 0 Å². The van der Waals surface area contributed by atoms with Gasteiger partial charge in [0.25, 0.3) is 0 Å². The molecule has 1 aromatic heterocycles. The fourth-order valence-electron chi connectivity index (χ4n) is 2.17. The third-order valence-corrected chi connectivity index (χ3v) is 4.05. The molecule has 1 aliphatic rings. The normalized spacial score (nSPS) is 19.3. The molecule has 2 aromatic rings. The van der Waals surface area contributed by atoms with Gasteiger partial charge in [-0.3, -0.25) is 0 Å². The summed E-state index contributed by atoms with van der Waals surface area (Å²) in [7, 11) is 0. The zero-order valence-electron chi connectivity index (χ0n) is 9.62. The fraction of sp³-hybridized carbons (Fsp3) is 0.308. The number of benzene rings is 1. The number of hydrogen-bond acceptors (Lipinski definition) is 3. The average Bonchev–Trinajstić information content (AvgIpc) is 3.00. The Morgan fingerprint density at radius 3 is 3.00 bits per heavy atom. The first kappa shape index (κ1) is 11.7. The molecule has 0 aliphatic carbocycles. The quantitative estimate of drug-likeness (QED) is 0.903. The van der Waals surface area contributed by atoms with Crippen molar-refractivity contribution < 1.29 is 8.78 Å². The number of aromatic nitrogens is 1. The molecule has 94 valence electrons. The smallest absolute Gasteiger partial charge is 0.133 e. The van der Waals surface area contributed by atoms with Crippen LogP contribution in [-0.2, 0) is 0 Å². The lowest BCUT2D eigenvalue weighted by Crippen LogP contribution is -2.08. The van der Waals surface area contributed by atoms with Gasteiger partial charge in [0, 0.05) is 23.4 Å². The highest BCUT2D eigenvalue weighted by Crippen LogP contribution is 2.31. The topological polar surface area (TPSA) is 24.9 Å². The van der Waals surface area contributed by atoms with Crippen LogP contribution in [0.4, 0.5) is 8.78 Å². The van der Waals surface area contributed by atoms with E-state index in [0.29, 0.717) is 10.9 Å². The molecule has 2 nitrogen and oxygen atoms in total. The first-order valence-corrected chi connectivity index (χ1v) is 6.73. The number of thiazole rings is 1. The summed E-state index contributed by atoms with van der Waals surface area (Å²) in [5, 5.41) is 5.76. The van der Waals surface area contributed by atoms with Gasteiger partial charge in [0.2, 0.25) is 0 Å². The highest BCUT2D eigenvalue weighted by atomic mass is 32.1. The predicted octanol–water partition coefficient (Wildman–Crippen LogP) is 3.17. The van der Waals surface area contributed by atoms with Crippen LogP contribution in [0, 0.1) is 11.6 Å². The number of halogens is 2. The van der Waals surface area contributed by atoms with E-state index in [9.17, 15) is 8.78 Å². The molecule has 0 radical (unpaired) electrons. The summed E-state index contributed by atoms with van der Waals surface area (Å²) < 4.78 is 26.8. The Hall–Kier alpha value is -1.33. The molecule has 1 aliphatic heterocycles. The second-order valence-corrected chi connectivity index (χ2v) is 5.25. The Morgan fingerprint density at radius 1 is 1.33 bits per heavy atom. The van der Waals surface area contributed by atoms with E-state index < -0.39 is 11.6 Å². The van der Waals surface area contributed by atoms with Crippen LogP contribution >= 0.6 is 11.3 Å². The average molecular weight is 266 g/mol. The van der Waals surface area contributed by atoms with Crippen LogP contribution < -0.4 is 5.32 Å². The van der Waals surface area contributed by atoms with E-state index >= 15 is 0 Å². The molecule has 0 bridgehead atoms. The van der Waals surface area contributed by atoms with Gasteiger partial charge in [0.05, 0.1) is 5.69 Å². The SMILES string of the molecule is Fc1ccc(F)c(-c2nc(C3CCNC3)cs2)c1. The summed E-state index contributed by atoms with van der Waals surface area (Å²) in [4.78, 5) is 4.44. The number of hydrogen-bond donors (Lipinski definition) is 1. The van der Waals surface area contributed by atoms with E-state index in [1.807, 2.05) is 5.38 Å². The van der Waals surface area contributed by atoms with Gasteiger partial charge in [-0.25, -0.2) is 13.8 Å². The van der Waals surface area contributed by atoms with Gasteiger partial charge in [0.1, 0.15) is 16.6 Å². The molecule has 0 saturated carbocycles. The Morgan fingerprint density at radius 2 is 2.22 bits per heavy atom. The highest BCUT2D eigenvalue weighted by molar-refractivity contribution is 7.13. The molecule has 5 heteroatoms. The van der Waals surface area contributed by atoms with Crippen molar-refractivity contribution in [2.24, 2.45) is 0 Å². The fourth-order valence-corrected chi connectivity index (χ4v) is 3.08. The summed E-state index contributed by atoms with van der Waals surface area (Å²) in [6, 6.07) is 3.46. The lowest BCUT2D eigenvalue weighted by atomic mass is 10.1. The third kappa shape index (κ3) is 2.15. The summed E-state index contributed by atoms with van der Waals surface area (Å²) in [5.41, 5.74) is 1.22. The molecule has 1 aromatic carbocycles. The first-order valence-electron chi connectivity index (χ1n) is 5.85. The van der Waals surface area contributed by atoms with Crippen molar-refractivity contribution in [1.82, 2.24) is 10.3 Å². The van der Waals surface area contributed by atoms with Crippen molar-refractivity contribution in [3.05, 3.63) is 40.9 Å². The second kappa shape index (κ2) is 4.74. The molecule has 0 amide bonds. The summed E-state index contributed by atoms with van der Waals surface area (Å²) in [6.45, 7) is 1.90. The van der Waals surface area contributed by atoms with E-state index in [0.717, 1.165) is 37.3 Å². The Bertz CT molecular complexity index is 562. The maximum atomic E-state index is 13.6. The minimum atomic E-state index is -0.439. The van der Waals surface area contributed by atoms with Crippen LogP contribution in [0.1, 0.15) is 18.0 Å². The Balaban J connectivity index is 1.94. The Labute approximate surface area is 108 Å². The molecule has 1 fully saturated rings. The summed E-state index contributed by atoms with van der Waals surface area (Å²) in [5.74, 6) is -0.473. The second-order valence-electron chi connectivity index (χ2n) is 4.39.